The predicted molar refractivity (Wildman–Crippen MR) is 122 cm³/mol. The van der Waals surface area contributed by atoms with Crippen LogP contribution in [0.2, 0.25) is 0 Å². The molecule has 1 atom stereocenters. The molecule has 2 saturated heterocycles. The molecule has 0 aliphatic carbocycles. The molecule has 2 aliphatic rings. The summed E-state index contributed by atoms with van der Waals surface area (Å²) in [5, 5.41) is 1.20. The topological polar surface area (TPSA) is 39.7 Å². The number of carbonyl (C=O) groups excluding carboxylic acids is 1. The number of fused-ring (bicyclic) bond motifs is 1. The van der Waals surface area contributed by atoms with Crippen molar-refractivity contribution in [2.24, 2.45) is 5.92 Å². The van der Waals surface area contributed by atoms with E-state index in [-0.39, 0.29) is 5.91 Å². The maximum Gasteiger partial charge on any atom is 0.219 e. The molecule has 30 heavy (non-hydrogen) atoms. The van der Waals surface area contributed by atoms with Gasteiger partial charge >= 0.3 is 0 Å². The summed E-state index contributed by atoms with van der Waals surface area (Å²) in [5.74, 6) is 0.674. The lowest BCUT2D eigenvalue weighted by Gasteiger charge is -2.40. The molecule has 2 aromatic rings. The SMILES string of the molecule is CC(=O)N1CCN(C2CCN(C(C)C)CC2)CC(Cc2ccc3ncccc3c2)C1. The molecule has 1 aromatic carbocycles. The van der Waals surface area contributed by atoms with Crippen molar-refractivity contribution in [3.8, 4) is 0 Å². The number of rotatable bonds is 4. The van der Waals surface area contributed by atoms with Gasteiger partial charge in [-0.05, 0) is 75.9 Å². The summed E-state index contributed by atoms with van der Waals surface area (Å²) in [6.07, 6.45) is 5.34. The van der Waals surface area contributed by atoms with Crippen molar-refractivity contribution >= 4 is 16.8 Å². The maximum atomic E-state index is 12.2. The lowest BCUT2D eigenvalue weighted by Crippen LogP contribution is -2.48. The maximum absolute atomic E-state index is 12.2. The molecule has 1 amide bonds. The highest BCUT2D eigenvalue weighted by atomic mass is 16.2. The van der Waals surface area contributed by atoms with Crippen LogP contribution in [0.15, 0.2) is 36.5 Å². The summed E-state index contributed by atoms with van der Waals surface area (Å²) in [5.41, 5.74) is 2.39. The first kappa shape index (κ1) is 21.3. The number of nitrogens with zero attached hydrogens (tertiary/aromatic N) is 4. The average Bonchev–Trinajstić information content (AvgIpc) is 2.96. The summed E-state index contributed by atoms with van der Waals surface area (Å²) >= 11 is 0. The largest absolute Gasteiger partial charge is 0.341 e. The van der Waals surface area contributed by atoms with Gasteiger partial charge in [0, 0.05) is 56.8 Å². The third-order valence-electron chi connectivity index (χ3n) is 7.01. The molecular formula is C25H36N4O. The number of piperidine rings is 1. The van der Waals surface area contributed by atoms with Gasteiger partial charge in [0.2, 0.25) is 5.91 Å². The van der Waals surface area contributed by atoms with Gasteiger partial charge in [-0.3, -0.25) is 14.7 Å². The zero-order valence-corrected chi connectivity index (χ0v) is 18.8. The first-order valence-corrected chi connectivity index (χ1v) is 11.6. The van der Waals surface area contributed by atoms with Crippen LogP contribution in [0.5, 0.6) is 0 Å². The van der Waals surface area contributed by atoms with Crippen molar-refractivity contribution in [1.29, 1.82) is 0 Å². The highest BCUT2D eigenvalue weighted by Gasteiger charge is 2.31. The Morgan fingerprint density at radius 1 is 1.10 bits per heavy atom. The second-order valence-corrected chi connectivity index (χ2v) is 9.42. The van der Waals surface area contributed by atoms with Gasteiger partial charge in [0.1, 0.15) is 0 Å². The van der Waals surface area contributed by atoms with Gasteiger partial charge < -0.3 is 9.80 Å². The van der Waals surface area contributed by atoms with Gasteiger partial charge in [0.25, 0.3) is 0 Å². The first-order chi connectivity index (χ1) is 14.5. The fourth-order valence-corrected chi connectivity index (χ4v) is 5.23. The van der Waals surface area contributed by atoms with Gasteiger partial charge in [-0.1, -0.05) is 12.1 Å². The van der Waals surface area contributed by atoms with Crippen LogP contribution in [0.25, 0.3) is 10.9 Å². The number of hydrogen-bond acceptors (Lipinski definition) is 4. The lowest BCUT2D eigenvalue weighted by atomic mass is 9.95. The molecule has 0 N–H and O–H groups in total. The number of amides is 1. The van der Waals surface area contributed by atoms with Gasteiger partial charge in [0.05, 0.1) is 5.52 Å². The Hall–Kier alpha value is -1.98. The van der Waals surface area contributed by atoms with Crippen LogP contribution in [0, 0.1) is 5.92 Å². The van der Waals surface area contributed by atoms with E-state index < -0.39 is 0 Å². The molecule has 0 radical (unpaired) electrons. The van der Waals surface area contributed by atoms with Crippen LogP contribution >= 0.6 is 0 Å². The second kappa shape index (κ2) is 9.44. The highest BCUT2D eigenvalue weighted by Crippen LogP contribution is 2.24. The van der Waals surface area contributed by atoms with Gasteiger partial charge in [0.15, 0.2) is 0 Å². The Balaban J connectivity index is 1.47. The van der Waals surface area contributed by atoms with E-state index in [1.54, 1.807) is 6.92 Å². The Labute approximate surface area is 181 Å². The van der Waals surface area contributed by atoms with Crippen molar-refractivity contribution in [3.05, 3.63) is 42.1 Å². The molecule has 1 aromatic heterocycles. The second-order valence-electron chi connectivity index (χ2n) is 9.42. The molecule has 162 valence electrons. The molecule has 5 nitrogen and oxygen atoms in total. The number of pyridine rings is 1. The normalized spacial score (nSPS) is 22.5. The summed E-state index contributed by atoms with van der Waals surface area (Å²) in [6.45, 7) is 12.5. The number of aromatic nitrogens is 1. The number of carbonyl (C=O) groups is 1. The minimum Gasteiger partial charge on any atom is -0.341 e. The molecule has 4 rings (SSSR count). The minimum absolute atomic E-state index is 0.208. The van der Waals surface area contributed by atoms with E-state index >= 15 is 0 Å². The fourth-order valence-electron chi connectivity index (χ4n) is 5.23. The Morgan fingerprint density at radius 2 is 1.90 bits per heavy atom. The molecule has 5 heteroatoms. The Bertz CT molecular complexity index is 859. The quantitative estimate of drug-likeness (QED) is 0.777. The molecule has 1 unspecified atom stereocenters. The average molecular weight is 409 g/mol. The van der Waals surface area contributed by atoms with Crippen LogP contribution in [-0.4, -0.2) is 76.9 Å². The van der Waals surface area contributed by atoms with E-state index in [4.69, 9.17) is 0 Å². The summed E-state index contributed by atoms with van der Waals surface area (Å²) in [6, 6.07) is 12.0. The third-order valence-corrected chi connectivity index (χ3v) is 7.01. The fraction of sp³-hybridized carbons (Fsp3) is 0.600. The van der Waals surface area contributed by atoms with Crippen LogP contribution < -0.4 is 0 Å². The van der Waals surface area contributed by atoms with Crippen molar-refractivity contribution in [2.75, 3.05) is 39.3 Å². The Kier molecular flexibility index (Phi) is 6.69. The molecule has 0 saturated carbocycles. The lowest BCUT2D eigenvalue weighted by molar-refractivity contribution is -0.129. The molecular weight excluding hydrogens is 372 g/mol. The molecule has 3 heterocycles. The monoisotopic (exact) mass is 408 g/mol. The Morgan fingerprint density at radius 3 is 2.63 bits per heavy atom. The number of benzene rings is 1. The molecule has 2 fully saturated rings. The van der Waals surface area contributed by atoms with E-state index in [2.05, 4.69) is 57.8 Å². The smallest absolute Gasteiger partial charge is 0.219 e. The van der Waals surface area contributed by atoms with Crippen molar-refractivity contribution in [2.45, 2.75) is 52.1 Å². The van der Waals surface area contributed by atoms with Gasteiger partial charge in [-0.15, -0.1) is 0 Å². The van der Waals surface area contributed by atoms with Crippen molar-refractivity contribution in [3.63, 3.8) is 0 Å². The van der Waals surface area contributed by atoms with Gasteiger partial charge in [-0.2, -0.15) is 0 Å². The highest BCUT2D eigenvalue weighted by molar-refractivity contribution is 5.78. The summed E-state index contributed by atoms with van der Waals surface area (Å²) < 4.78 is 0. The van der Waals surface area contributed by atoms with E-state index in [0.29, 0.717) is 18.0 Å². The van der Waals surface area contributed by atoms with E-state index in [1.165, 1.54) is 36.9 Å². The van der Waals surface area contributed by atoms with Crippen LogP contribution in [0.3, 0.4) is 0 Å². The van der Waals surface area contributed by atoms with E-state index in [1.807, 2.05) is 12.3 Å². The van der Waals surface area contributed by atoms with E-state index in [0.717, 1.165) is 38.1 Å². The molecule has 2 aliphatic heterocycles. The van der Waals surface area contributed by atoms with Crippen molar-refractivity contribution < 1.29 is 4.79 Å². The number of hydrogen-bond donors (Lipinski definition) is 0. The number of likely N-dealkylation sites (tertiary alicyclic amines) is 1. The van der Waals surface area contributed by atoms with Crippen LogP contribution in [0.1, 0.15) is 39.2 Å². The predicted octanol–water partition coefficient (Wildman–Crippen LogP) is 3.43. The van der Waals surface area contributed by atoms with Gasteiger partial charge in [-0.25, -0.2) is 0 Å². The standard InChI is InChI=1S/C25H36N4O/c1-19(2)27-11-8-24(9-12-27)29-14-13-28(20(3)30)17-22(18-29)15-21-6-7-25-23(16-21)5-4-10-26-25/h4-7,10,16,19,22,24H,8-9,11-15,17-18H2,1-3H3. The third kappa shape index (κ3) is 5.01. The van der Waals surface area contributed by atoms with E-state index in [9.17, 15) is 4.79 Å². The summed E-state index contributed by atoms with van der Waals surface area (Å²) in [7, 11) is 0. The zero-order chi connectivity index (χ0) is 21.1. The minimum atomic E-state index is 0.208. The summed E-state index contributed by atoms with van der Waals surface area (Å²) in [4.78, 5) is 24.0. The van der Waals surface area contributed by atoms with Crippen LogP contribution in [0.4, 0.5) is 0 Å². The van der Waals surface area contributed by atoms with Crippen molar-refractivity contribution in [1.82, 2.24) is 19.7 Å². The first-order valence-electron chi connectivity index (χ1n) is 11.6. The zero-order valence-electron chi connectivity index (χ0n) is 18.8. The molecule has 0 spiro atoms. The van der Waals surface area contributed by atoms with Crippen LogP contribution in [-0.2, 0) is 11.2 Å². The molecule has 0 bridgehead atoms.